The number of ether oxygens (including phenoxy) is 2. The first-order valence-electron chi connectivity index (χ1n) is 11.3. The Labute approximate surface area is 197 Å². The van der Waals surface area contributed by atoms with Crippen molar-refractivity contribution >= 4 is 35.8 Å². The maximum atomic E-state index is 12.0. The first-order valence-corrected chi connectivity index (χ1v) is 11.3. The number of rotatable bonds is 7. The summed E-state index contributed by atoms with van der Waals surface area (Å²) in [4.78, 5) is 21.5. The molecule has 0 bridgehead atoms. The summed E-state index contributed by atoms with van der Waals surface area (Å²) < 4.78 is 11.0. The van der Waals surface area contributed by atoms with Crippen molar-refractivity contribution in [2.45, 2.75) is 44.8 Å². The number of nitrogens with zero attached hydrogens (tertiary/aromatic N) is 3. The van der Waals surface area contributed by atoms with Gasteiger partial charge in [-0.25, -0.2) is 0 Å². The largest absolute Gasteiger partial charge is 0.383 e. The van der Waals surface area contributed by atoms with E-state index in [0.717, 1.165) is 45.3 Å². The molecule has 1 spiro atoms. The number of hydrogen-bond acceptors (Lipinski definition) is 5. The molecule has 2 heterocycles. The van der Waals surface area contributed by atoms with E-state index in [1.165, 1.54) is 25.7 Å². The van der Waals surface area contributed by atoms with Crippen molar-refractivity contribution in [1.82, 2.24) is 20.4 Å². The van der Waals surface area contributed by atoms with Crippen LogP contribution in [0.25, 0.3) is 0 Å². The van der Waals surface area contributed by atoms with Gasteiger partial charge >= 0.3 is 0 Å². The molecule has 9 heteroatoms. The molecule has 0 aromatic heterocycles. The van der Waals surface area contributed by atoms with Crippen molar-refractivity contribution in [2.75, 3.05) is 66.1 Å². The number of halogens is 1. The molecular weight excluding hydrogens is 497 g/mol. The van der Waals surface area contributed by atoms with Gasteiger partial charge in [0.1, 0.15) is 0 Å². The van der Waals surface area contributed by atoms with Crippen molar-refractivity contribution in [3.05, 3.63) is 0 Å². The number of amides is 1. The monoisotopic (exact) mass is 535 g/mol. The maximum absolute atomic E-state index is 12.0. The third-order valence-corrected chi connectivity index (χ3v) is 7.30. The smallest absolute Gasteiger partial charge is 0.234 e. The Balaban J connectivity index is 0.00000256. The van der Waals surface area contributed by atoms with Crippen molar-refractivity contribution in [2.24, 2.45) is 16.3 Å². The van der Waals surface area contributed by atoms with Crippen molar-refractivity contribution < 1.29 is 14.3 Å². The zero-order chi connectivity index (χ0) is 20.3. The fourth-order valence-electron chi connectivity index (χ4n) is 5.65. The third-order valence-electron chi connectivity index (χ3n) is 7.30. The average molecular weight is 535 g/mol. The first-order chi connectivity index (χ1) is 14.2. The highest BCUT2D eigenvalue weighted by atomic mass is 127. The fourth-order valence-corrected chi connectivity index (χ4v) is 5.65. The van der Waals surface area contributed by atoms with Crippen molar-refractivity contribution in [3.8, 4) is 0 Å². The molecule has 3 atom stereocenters. The van der Waals surface area contributed by atoms with Gasteiger partial charge in [-0.2, -0.15) is 0 Å². The van der Waals surface area contributed by atoms with Gasteiger partial charge in [-0.05, 0) is 26.2 Å². The van der Waals surface area contributed by atoms with Crippen LogP contribution in [-0.2, 0) is 14.3 Å². The van der Waals surface area contributed by atoms with E-state index >= 15 is 0 Å². The molecule has 8 nitrogen and oxygen atoms in total. The summed E-state index contributed by atoms with van der Waals surface area (Å²) in [6.45, 7) is 8.96. The molecule has 2 saturated carbocycles. The third kappa shape index (κ3) is 4.73. The van der Waals surface area contributed by atoms with Gasteiger partial charge in [-0.1, -0.05) is 6.42 Å². The minimum Gasteiger partial charge on any atom is -0.383 e. The molecule has 4 aliphatic rings. The van der Waals surface area contributed by atoms with E-state index in [0.29, 0.717) is 43.2 Å². The summed E-state index contributed by atoms with van der Waals surface area (Å²) >= 11 is 0. The van der Waals surface area contributed by atoms with Crippen LogP contribution < -0.4 is 10.6 Å². The molecule has 2 aliphatic heterocycles. The number of guanidine groups is 1. The fraction of sp³-hybridized carbons (Fsp3) is 0.905. The van der Waals surface area contributed by atoms with Gasteiger partial charge in [0.25, 0.3) is 0 Å². The van der Waals surface area contributed by atoms with Gasteiger partial charge in [0, 0.05) is 70.4 Å². The summed E-state index contributed by atoms with van der Waals surface area (Å²) in [5.41, 5.74) is 0.359. The number of aliphatic imine (C=N–C) groups is 1. The molecule has 0 radical (unpaired) electrons. The van der Waals surface area contributed by atoms with Crippen molar-refractivity contribution in [3.63, 3.8) is 0 Å². The Hall–Kier alpha value is -0.650. The zero-order valence-corrected chi connectivity index (χ0v) is 20.7. The van der Waals surface area contributed by atoms with Gasteiger partial charge < -0.3 is 25.0 Å². The van der Waals surface area contributed by atoms with Crippen LogP contribution in [0.4, 0.5) is 0 Å². The van der Waals surface area contributed by atoms with Crippen LogP contribution in [-0.4, -0.2) is 99.9 Å². The lowest BCUT2D eigenvalue weighted by atomic mass is 9.46. The minimum absolute atomic E-state index is 0. The van der Waals surface area contributed by atoms with Crippen LogP contribution in [0.15, 0.2) is 4.99 Å². The SMILES string of the molecule is CCN=C(NC1C2CCOC2C12CCC2)N1CCN(CC(=O)NCCOC)CC1.I. The highest BCUT2D eigenvalue weighted by Crippen LogP contribution is 2.62. The Morgan fingerprint density at radius 2 is 2.03 bits per heavy atom. The van der Waals surface area contributed by atoms with E-state index in [-0.39, 0.29) is 29.9 Å². The standard InChI is InChI=1S/C21H37N5O3.HI/c1-3-22-20(24-18-16-5-13-29-19(16)21(18)6-4-7-21)26-11-9-25(10-12-26)15-17(27)23-8-14-28-2;/h16,18-19H,3-15H2,1-2H3,(H,22,24)(H,23,27);1H. The maximum Gasteiger partial charge on any atom is 0.234 e. The Morgan fingerprint density at radius 3 is 2.67 bits per heavy atom. The Bertz CT molecular complexity index is 607. The van der Waals surface area contributed by atoms with Gasteiger partial charge in [-0.3, -0.25) is 14.7 Å². The summed E-state index contributed by atoms with van der Waals surface area (Å²) in [7, 11) is 1.64. The summed E-state index contributed by atoms with van der Waals surface area (Å²) in [5.74, 6) is 1.78. The highest BCUT2D eigenvalue weighted by molar-refractivity contribution is 14.0. The molecule has 3 unspecified atom stereocenters. The Morgan fingerprint density at radius 1 is 1.27 bits per heavy atom. The van der Waals surface area contributed by atoms with E-state index in [1.807, 2.05) is 0 Å². The van der Waals surface area contributed by atoms with Crippen LogP contribution in [0.5, 0.6) is 0 Å². The number of fused-ring (bicyclic) bond motifs is 2. The molecule has 2 saturated heterocycles. The minimum atomic E-state index is 0. The molecule has 2 N–H and O–H groups in total. The first kappa shape index (κ1) is 24.0. The normalized spacial score (nSPS) is 30.1. The van der Waals surface area contributed by atoms with Crippen molar-refractivity contribution in [1.29, 1.82) is 0 Å². The molecular formula is C21H38IN5O3. The summed E-state index contributed by atoms with van der Waals surface area (Å²) in [5, 5.41) is 6.77. The second-order valence-electron chi connectivity index (χ2n) is 8.86. The number of piperazine rings is 1. The van der Waals surface area contributed by atoms with Gasteiger partial charge in [0.05, 0.1) is 19.3 Å². The average Bonchev–Trinajstić information content (AvgIpc) is 3.10. The molecule has 0 aromatic rings. The molecule has 4 rings (SSSR count). The van der Waals surface area contributed by atoms with Crippen LogP contribution in [0, 0.1) is 11.3 Å². The second-order valence-corrected chi connectivity index (χ2v) is 8.86. The number of carbonyl (C=O) groups is 1. The van der Waals surface area contributed by atoms with E-state index in [9.17, 15) is 4.79 Å². The lowest BCUT2D eigenvalue weighted by molar-refractivity contribution is -0.171. The topological polar surface area (TPSA) is 78.4 Å². The molecule has 0 aromatic carbocycles. The number of nitrogens with one attached hydrogen (secondary N) is 2. The zero-order valence-electron chi connectivity index (χ0n) is 18.4. The van der Waals surface area contributed by atoms with Gasteiger partial charge in [-0.15, -0.1) is 24.0 Å². The predicted octanol–water partition coefficient (Wildman–Crippen LogP) is 0.908. The van der Waals surface area contributed by atoms with E-state index in [2.05, 4.69) is 27.4 Å². The second kappa shape index (κ2) is 10.8. The molecule has 1 amide bonds. The van der Waals surface area contributed by atoms with Crippen LogP contribution >= 0.6 is 24.0 Å². The van der Waals surface area contributed by atoms with E-state index in [1.54, 1.807) is 7.11 Å². The summed E-state index contributed by atoms with van der Waals surface area (Å²) in [6, 6.07) is 0.513. The molecule has 30 heavy (non-hydrogen) atoms. The lowest BCUT2D eigenvalue weighted by Gasteiger charge is -2.63. The molecule has 172 valence electrons. The summed E-state index contributed by atoms with van der Waals surface area (Å²) in [6.07, 6.45) is 5.56. The quantitative estimate of drug-likeness (QED) is 0.219. The Kier molecular flexibility index (Phi) is 8.63. The molecule has 4 fully saturated rings. The van der Waals surface area contributed by atoms with Crippen LogP contribution in [0.2, 0.25) is 0 Å². The number of hydrogen-bond donors (Lipinski definition) is 2. The number of carbonyl (C=O) groups excluding carboxylic acids is 1. The predicted molar refractivity (Wildman–Crippen MR) is 127 cm³/mol. The van der Waals surface area contributed by atoms with E-state index < -0.39 is 0 Å². The van der Waals surface area contributed by atoms with Crippen LogP contribution in [0.3, 0.4) is 0 Å². The number of methoxy groups -OCH3 is 1. The van der Waals surface area contributed by atoms with Gasteiger partial charge in [0.2, 0.25) is 5.91 Å². The van der Waals surface area contributed by atoms with E-state index in [4.69, 9.17) is 14.5 Å². The van der Waals surface area contributed by atoms with Gasteiger partial charge in [0.15, 0.2) is 5.96 Å². The van der Waals surface area contributed by atoms with Crippen LogP contribution in [0.1, 0.15) is 32.6 Å². The molecule has 2 aliphatic carbocycles. The lowest BCUT2D eigenvalue weighted by Crippen LogP contribution is -2.73. The highest BCUT2D eigenvalue weighted by Gasteiger charge is 2.66.